The second-order valence-corrected chi connectivity index (χ2v) is 8.34. The van der Waals surface area contributed by atoms with Gasteiger partial charge in [-0.25, -0.2) is 0 Å². The fraction of sp³-hybridized carbons (Fsp3) is 0.174. The lowest BCUT2D eigenvalue weighted by molar-refractivity contribution is -0.119. The molecule has 1 atom stereocenters. The number of carbonyl (C=O) groups excluding carboxylic acids is 1. The molecule has 0 bridgehead atoms. The fourth-order valence-electron chi connectivity index (χ4n) is 2.81. The van der Waals surface area contributed by atoms with Gasteiger partial charge in [-0.15, -0.1) is 11.8 Å². The third kappa shape index (κ3) is 5.98. The molecule has 1 amide bonds. The van der Waals surface area contributed by atoms with Gasteiger partial charge in [-0.1, -0.05) is 88.2 Å². The summed E-state index contributed by atoms with van der Waals surface area (Å²) in [5.74, 6) is 1.30. The average molecular weight is 440 g/mol. The van der Waals surface area contributed by atoms with Crippen LogP contribution < -0.4 is 5.32 Å². The van der Waals surface area contributed by atoms with Gasteiger partial charge >= 0.3 is 0 Å². The SMILES string of the molecule is Cc1ccc([C@H](NC(=O)CSCc2ccc(Br)cc2)c2ccccc2)cc1. The Hall–Kier alpha value is -2.04. The van der Waals surface area contributed by atoms with Crippen LogP contribution in [0.2, 0.25) is 0 Å². The van der Waals surface area contributed by atoms with Gasteiger partial charge in [0.15, 0.2) is 0 Å². The van der Waals surface area contributed by atoms with E-state index < -0.39 is 0 Å². The van der Waals surface area contributed by atoms with Gasteiger partial charge in [-0.2, -0.15) is 0 Å². The van der Waals surface area contributed by atoms with Gasteiger partial charge in [-0.3, -0.25) is 4.79 Å². The predicted octanol–water partition coefficient (Wildman–Crippen LogP) is 5.90. The normalized spacial score (nSPS) is 11.8. The number of halogens is 1. The maximum Gasteiger partial charge on any atom is 0.230 e. The molecule has 0 fully saturated rings. The molecule has 0 unspecified atom stereocenters. The monoisotopic (exact) mass is 439 g/mol. The molecular formula is C23H22BrNOS. The van der Waals surface area contributed by atoms with Crippen molar-refractivity contribution >= 4 is 33.6 Å². The van der Waals surface area contributed by atoms with Crippen LogP contribution in [0.25, 0.3) is 0 Å². The summed E-state index contributed by atoms with van der Waals surface area (Å²) in [6, 6.07) is 26.5. The van der Waals surface area contributed by atoms with Gasteiger partial charge in [-0.05, 0) is 35.7 Å². The molecule has 0 saturated carbocycles. The number of thioether (sulfide) groups is 1. The van der Waals surface area contributed by atoms with E-state index in [1.54, 1.807) is 11.8 Å². The second-order valence-electron chi connectivity index (χ2n) is 6.44. The molecule has 0 saturated heterocycles. The molecule has 138 valence electrons. The smallest absolute Gasteiger partial charge is 0.230 e. The van der Waals surface area contributed by atoms with E-state index in [1.165, 1.54) is 11.1 Å². The maximum atomic E-state index is 12.6. The van der Waals surface area contributed by atoms with Crippen molar-refractivity contribution in [2.24, 2.45) is 0 Å². The van der Waals surface area contributed by atoms with Crippen molar-refractivity contribution in [1.82, 2.24) is 5.32 Å². The molecule has 3 aromatic carbocycles. The molecule has 0 aromatic heterocycles. The van der Waals surface area contributed by atoms with E-state index in [0.29, 0.717) is 5.75 Å². The molecule has 1 N–H and O–H groups in total. The Kier molecular flexibility index (Phi) is 7.13. The Bertz CT molecular complexity index is 863. The van der Waals surface area contributed by atoms with Gasteiger partial charge in [0, 0.05) is 10.2 Å². The maximum absolute atomic E-state index is 12.6. The molecule has 0 heterocycles. The van der Waals surface area contributed by atoms with Crippen LogP contribution in [-0.2, 0) is 10.5 Å². The Balaban J connectivity index is 1.63. The molecule has 27 heavy (non-hydrogen) atoms. The number of nitrogens with one attached hydrogen (secondary N) is 1. The van der Waals surface area contributed by atoms with Crippen molar-refractivity contribution in [2.45, 2.75) is 18.7 Å². The molecule has 0 aliphatic carbocycles. The van der Waals surface area contributed by atoms with Crippen molar-refractivity contribution in [3.8, 4) is 0 Å². The Morgan fingerprint density at radius 2 is 1.56 bits per heavy atom. The summed E-state index contributed by atoms with van der Waals surface area (Å²) in [4.78, 5) is 12.6. The number of hydrogen-bond acceptors (Lipinski definition) is 2. The van der Waals surface area contributed by atoms with Crippen LogP contribution in [0.4, 0.5) is 0 Å². The highest BCUT2D eigenvalue weighted by Crippen LogP contribution is 2.23. The molecule has 3 aromatic rings. The first-order chi connectivity index (χ1) is 13.1. The van der Waals surface area contributed by atoms with Crippen molar-refractivity contribution in [3.63, 3.8) is 0 Å². The van der Waals surface area contributed by atoms with Crippen molar-refractivity contribution in [3.05, 3.63) is 106 Å². The third-order valence-electron chi connectivity index (χ3n) is 4.26. The Labute approximate surface area is 173 Å². The lowest BCUT2D eigenvalue weighted by atomic mass is 9.98. The zero-order valence-corrected chi connectivity index (χ0v) is 17.6. The Morgan fingerprint density at radius 3 is 2.22 bits per heavy atom. The molecule has 0 spiro atoms. The minimum atomic E-state index is -0.132. The van der Waals surface area contributed by atoms with E-state index in [0.717, 1.165) is 21.4 Å². The average Bonchev–Trinajstić information content (AvgIpc) is 2.69. The van der Waals surface area contributed by atoms with E-state index in [9.17, 15) is 4.79 Å². The Morgan fingerprint density at radius 1 is 0.926 bits per heavy atom. The molecule has 0 aliphatic heterocycles. The van der Waals surface area contributed by atoms with Crippen molar-refractivity contribution in [1.29, 1.82) is 0 Å². The lowest BCUT2D eigenvalue weighted by Crippen LogP contribution is -2.30. The number of benzene rings is 3. The number of rotatable bonds is 7. The van der Waals surface area contributed by atoms with Crippen LogP contribution >= 0.6 is 27.7 Å². The van der Waals surface area contributed by atoms with Gasteiger partial charge in [0.2, 0.25) is 5.91 Å². The van der Waals surface area contributed by atoms with Crippen LogP contribution in [0.3, 0.4) is 0 Å². The molecule has 2 nitrogen and oxygen atoms in total. The van der Waals surface area contributed by atoms with Gasteiger partial charge in [0.25, 0.3) is 0 Å². The predicted molar refractivity (Wildman–Crippen MR) is 118 cm³/mol. The molecule has 4 heteroatoms. The minimum Gasteiger partial charge on any atom is -0.344 e. The van der Waals surface area contributed by atoms with Gasteiger partial charge in [0.1, 0.15) is 0 Å². The highest BCUT2D eigenvalue weighted by Gasteiger charge is 2.16. The third-order valence-corrected chi connectivity index (χ3v) is 5.80. The zero-order chi connectivity index (χ0) is 19.1. The first kappa shape index (κ1) is 19.7. The van der Waals surface area contributed by atoms with E-state index in [4.69, 9.17) is 0 Å². The van der Waals surface area contributed by atoms with Crippen LogP contribution in [0, 0.1) is 6.92 Å². The van der Waals surface area contributed by atoms with E-state index in [1.807, 2.05) is 30.3 Å². The lowest BCUT2D eigenvalue weighted by Gasteiger charge is -2.20. The summed E-state index contributed by atoms with van der Waals surface area (Å²) in [5, 5.41) is 3.20. The summed E-state index contributed by atoms with van der Waals surface area (Å²) in [5.41, 5.74) is 4.61. The van der Waals surface area contributed by atoms with Crippen molar-refractivity contribution in [2.75, 3.05) is 5.75 Å². The van der Waals surface area contributed by atoms with Gasteiger partial charge < -0.3 is 5.32 Å². The summed E-state index contributed by atoms with van der Waals surface area (Å²) in [6.45, 7) is 2.07. The quantitative estimate of drug-likeness (QED) is 0.496. The molecule has 0 aliphatic rings. The number of amides is 1. The van der Waals surface area contributed by atoms with Crippen LogP contribution in [0.15, 0.2) is 83.3 Å². The summed E-state index contributed by atoms with van der Waals surface area (Å²) in [7, 11) is 0. The first-order valence-electron chi connectivity index (χ1n) is 8.85. The number of carbonyl (C=O) groups is 1. The molecule has 0 radical (unpaired) electrons. The molecular weight excluding hydrogens is 418 g/mol. The van der Waals surface area contributed by atoms with E-state index in [-0.39, 0.29) is 11.9 Å². The van der Waals surface area contributed by atoms with E-state index >= 15 is 0 Å². The number of aryl methyl sites for hydroxylation is 1. The zero-order valence-electron chi connectivity index (χ0n) is 15.2. The second kappa shape index (κ2) is 9.77. The minimum absolute atomic E-state index is 0.0477. The largest absolute Gasteiger partial charge is 0.344 e. The van der Waals surface area contributed by atoms with Crippen LogP contribution in [0.5, 0.6) is 0 Å². The van der Waals surface area contributed by atoms with Crippen molar-refractivity contribution < 1.29 is 4.79 Å². The summed E-state index contributed by atoms with van der Waals surface area (Å²) < 4.78 is 1.07. The standard InChI is InChI=1S/C23H22BrNOS/c1-17-7-11-20(12-8-17)23(19-5-3-2-4-6-19)25-22(26)16-27-15-18-9-13-21(24)14-10-18/h2-14,23H,15-16H2,1H3,(H,25,26)/t23-/m1/s1. The fourth-order valence-corrected chi connectivity index (χ4v) is 3.87. The topological polar surface area (TPSA) is 29.1 Å². The highest BCUT2D eigenvalue weighted by molar-refractivity contribution is 9.10. The molecule has 3 rings (SSSR count). The van der Waals surface area contributed by atoms with E-state index in [2.05, 4.69) is 76.7 Å². The summed E-state index contributed by atoms with van der Waals surface area (Å²) in [6.07, 6.45) is 0. The highest BCUT2D eigenvalue weighted by atomic mass is 79.9. The van der Waals surface area contributed by atoms with Crippen LogP contribution in [0.1, 0.15) is 28.3 Å². The van der Waals surface area contributed by atoms with Gasteiger partial charge in [0.05, 0.1) is 11.8 Å². The first-order valence-corrected chi connectivity index (χ1v) is 10.8. The van der Waals surface area contributed by atoms with Crippen LogP contribution in [-0.4, -0.2) is 11.7 Å². The summed E-state index contributed by atoms with van der Waals surface area (Å²) >= 11 is 5.07. The number of hydrogen-bond donors (Lipinski definition) is 1.